The average Bonchev–Trinajstić information content (AvgIpc) is 2.48. The number of carbonyl (C=O) groups is 3. The Morgan fingerprint density at radius 1 is 1.50 bits per heavy atom. The normalized spacial score (nSPS) is 23.2. The smallest absolute Gasteiger partial charge is 0.316 e. The molecule has 0 radical (unpaired) electrons. The predicted molar refractivity (Wildman–Crippen MR) is 61.0 cm³/mol. The molecule has 16 heavy (non-hydrogen) atoms. The Bertz CT molecular complexity index is 322. The van der Waals surface area contributed by atoms with Gasteiger partial charge in [0.1, 0.15) is 5.78 Å². The topological polar surface area (TPSA) is 60.4 Å². The number of thioether (sulfide) groups is 1. The number of rotatable bonds is 3. The van der Waals surface area contributed by atoms with Gasteiger partial charge in [-0.1, -0.05) is 25.6 Å². The van der Waals surface area contributed by atoms with Gasteiger partial charge in [0.25, 0.3) is 0 Å². The minimum Gasteiger partial charge on any atom is -0.468 e. The molecule has 0 heterocycles. The number of carbonyl (C=O) groups excluding carboxylic acids is 3. The van der Waals surface area contributed by atoms with Crippen molar-refractivity contribution in [3.63, 3.8) is 0 Å². The molecule has 0 bridgehead atoms. The third-order valence-electron chi connectivity index (χ3n) is 2.64. The van der Waals surface area contributed by atoms with Crippen molar-refractivity contribution < 1.29 is 19.1 Å². The number of hydrogen-bond acceptors (Lipinski definition) is 5. The molecule has 1 fully saturated rings. The van der Waals surface area contributed by atoms with Gasteiger partial charge in [0.2, 0.25) is 0 Å². The summed E-state index contributed by atoms with van der Waals surface area (Å²) in [5, 5.41) is -0.207. The summed E-state index contributed by atoms with van der Waals surface area (Å²) in [7, 11) is 1.28. The number of esters is 1. The molecule has 4 nitrogen and oxygen atoms in total. The van der Waals surface area contributed by atoms with Gasteiger partial charge in [0.15, 0.2) is 5.12 Å². The third-order valence-corrected chi connectivity index (χ3v) is 3.59. The van der Waals surface area contributed by atoms with Crippen molar-refractivity contribution in [3.05, 3.63) is 0 Å². The molecule has 0 aromatic rings. The molecular weight excluding hydrogens is 228 g/mol. The molecule has 1 aliphatic carbocycles. The first kappa shape index (κ1) is 13.2. The van der Waals surface area contributed by atoms with E-state index < -0.39 is 11.9 Å². The van der Waals surface area contributed by atoms with Crippen LogP contribution >= 0.6 is 11.8 Å². The molecule has 1 rings (SSSR count). The van der Waals surface area contributed by atoms with E-state index in [1.807, 2.05) is 13.8 Å². The standard InChI is InChI=1S/C11H16O4S/c1-11(2)4-7(8(12)5-11)10(14)16-6-9(13)15-3/h7H,4-6H2,1-3H3. The maximum atomic E-state index is 11.7. The summed E-state index contributed by atoms with van der Waals surface area (Å²) >= 11 is 0.877. The summed E-state index contributed by atoms with van der Waals surface area (Å²) in [6, 6.07) is 0. The highest BCUT2D eigenvalue weighted by Crippen LogP contribution is 2.40. The molecule has 0 aromatic carbocycles. The highest BCUT2D eigenvalue weighted by Gasteiger charge is 2.41. The van der Waals surface area contributed by atoms with Crippen molar-refractivity contribution in [1.29, 1.82) is 0 Å². The van der Waals surface area contributed by atoms with Crippen LogP contribution in [0, 0.1) is 11.3 Å². The lowest BCUT2D eigenvalue weighted by Crippen LogP contribution is -2.18. The van der Waals surface area contributed by atoms with Gasteiger partial charge in [-0.25, -0.2) is 0 Å². The highest BCUT2D eigenvalue weighted by molar-refractivity contribution is 8.14. The lowest BCUT2D eigenvalue weighted by molar-refractivity contribution is -0.137. The average molecular weight is 244 g/mol. The molecule has 90 valence electrons. The summed E-state index contributed by atoms with van der Waals surface area (Å²) in [5.74, 6) is -1.00. The van der Waals surface area contributed by atoms with Gasteiger partial charge in [-0.3, -0.25) is 14.4 Å². The highest BCUT2D eigenvalue weighted by atomic mass is 32.2. The number of methoxy groups -OCH3 is 1. The van der Waals surface area contributed by atoms with E-state index in [-0.39, 0.29) is 22.1 Å². The fourth-order valence-electron chi connectivity index (χ4n) is 1.84. The quantitative estimate of drug-likeness (QED) is 0.555. The first-order valence-electron chi connectivity index (χ1n) is 5.12. The minimum absolute atomic E-state index is 0.00707. The molecule has 0 saturated heterocycles. The summed E-state index contributed by atoms with van der Waals surface area (Å²) in [6.45, 7) is 3.95. The molecule has 0 N–H and O–H groups in total. The minimum atomic E-state index is -0.537. The van der Waals surface area contributed by atoms with Gasteiger partial charge in [0.05, 0.1) is 18.8 Å². The fourth-order valence-corrected chi connectivity index (χ4v) is 2.63. The zero-order valence-electron chi connectivity index (χ0n) is 9.74. The largest absolute Gasteiger partial charge is 0.468 e. The number of hydrogen-bond donors (Lipinski definition) is 0. The Morgan fingerprint density at radius 2 is 2.12 bits per heavy atom. The maximum Gasteiger partial charge on any atom is 0.316 e. The molecule has 1 saturated carbocycles. The van der Waals surface area contributed by atoms with Crippen molar-refractivity contribution in [1.82, 2.24) is 0 Å². The summed E-state index contributed by atoms with van der Waals surface area (Å²) in [5.41, 5.74) is -0.0940. The van der Waals surface area contributed by atoms with Gasteiger partial charge >= 0.3 is 5.97 Å². The number of ether oxygens (including phenoxy) is 1. The summed E-state index contributed by atoms with van der Waals surface area (Å²) < 4.78 is 4.43. The van der Waals surface area contributed by atoms with Gasteiger partial charge in [-0.15, -0.1) is 0 Å². The van der Waals surface area contributed by atoms with Crippen LogP contribution < -0.4 is 0 Å². The molecule has 1 unspecified atom stereocenters. The van der Waals surface area contributed by atoms with E-state index in [0.717, 1.165) is 11.8 Å². The van der Waals surface area contributed by atoms with Crippen LogP contribution in [0.4, 0.5) is 0 Å². The van der Waals surface area contributed by atoms with Crippen LogP contribution in [0.25, 0.3) is 0 Å². The molecule has 0 aromatic heterocycles. The van der Waals surface area contributed by atoms with E-state index in [4.69, 9.17) is 0 Å². The molecular formula is C11H16O4S. The maximum absolute atomic E-state index is 11.7. The van der Waals surface area contributed by atoms with Crippen LogP contribution in [0.2, 0.25) is 0 Å². The SMILES string of the molecule is COC(=O)CSC(=O)C1CC(C)(C)CC1=O. The molecule has 0 spiro atoms. The van der Waals surface area contributed by atoms with Gasteiger partial charge in [-0.05, 0) is 11.8 Å². The zero-order valence-corrected chi connectivity index (χ0v) is 10.6. The number of ketones is 1. The lowest BCUT2D eigenvalue weighted by atomic mass is 9.91. The second-order valence-electron chi connectivity index (χ2n) is 4.75. The Morgan fingerprint density at radius 3 is 2.56 bits per heavy atom. The first-order chi connectivity index (χ1) is 7.35. The lowest BCUT2D eigenvalue weighted by Gasteiger charge is -2.14. The van der Waals surface area contributed by atoms with Gasteiger partial charge in [-0.2, -0.15) is 0 Å². The van der Waals surface area contributed by atoms with Gasteiger partial charge < -0.3 is 4.74 Å². The molecule has 5 heteroatoms. The molecule has 1 atom stereocenters. The third kappa shape index (κ3) is 3.33. The predicted octanol–water partition coefficient (Wildman–Crippen LogP) is 1.42. The van der Waals surface area contributed by atoms with Crippen LogP contribution in [0.15, 0.2) is 0 Å². The van der Waals surface area contributed by atoms with Crippen LogP contribution in [0.1, 0.15) is 26.7 Å². The van der Waals surface area contributed by atoms with Crippen molar-refractivity contribution in [2.75, 3.05) is 12.9 Å². The van der Waals surface area contributed by atoms with Gasteiger partial charge in [0, 0.05) is 6.42 Å². The molecule has 0 amide bonds. The van der Waals surface area contributed by atoms with Crippen molar-refractivity contribution in [3.8, 4) is 0 Å². The van der Waals surface area contributed by atoms with Crippen molar-refractivity contribution >= 4 is 28.6 Å². The van der Waals surface area contributed by atoms with E-state index >= 15 is 0 Å². The van der Waals surface area contributed by atoms with E-state index in [0.29, 0.717) is 12.8 Å². The Hall–Kier alpha value is -0.840. The second kappa shape index (κ2) is 4.99. The Kier molecular flexibility index (Phi) is 4.13. The van der Waals surface area contributed by atoms with Crippen molar-refractivity contribution in [2.24, 2.45) is 11.3 Å². The van der Waals surface area contributed by atoms with Crippen LogP contribution in [0.5, 0.6) is 0 Å². The second-order valence-corrected chi connectivity index (χ2v) is 5.73. The fraction of sp³-hybridized carbons (Fsp3) is 0.727. The van der Waals surface area contributed by atoms with Crippen LogP contribution in [-0.2, 0) is 19.1 Å². The van der Waals surface area contributed by atoms with E-state index in [1.165, 1.54) is 7.11 Å². The first-order valence-corrected chi connectivity index (χ1v) is 6.10. The number of Topliss-reactive ketones (excluding diaryl/α,β-unsaturated/α-hetero) is 1. The van der Waals surface area contributed by atoms with Crippen LogP contribution in [0.3, 0.4) is 0 Å². The molecule has 1 aliphatic rings. The van der Waals surface area contributed by atoms with Crippen LogP contribution in [-0.4, -0.2) is 29.7 Å². The molecule has 0 aliphatic heterocycles. The monoisotopic (exact) mass is 244 g/mol. The van der Waals surface area contributed by atoms with E-state index in [2.05, 4.69) is 4.74 Å². The Labute approximate surface area is 99.1 Å². The van der Waals surface area contributed by atoms with Crippen molar-refractivity contribution in [2.45, 2.75) is 26.7 Å². The summed E-state index contributed by atoms with van der Waals surface area (Å²) in [4.78, 5) is 34.2. The zero-order chi connectivity index (χ0) is 12.3. The Balaban J connectivity index is 2.49. The van der Waals surface area contributed by atoms with E-state index in [9.17, 15) is 14.4 Å². The van der Waals surface area contributed by atoms with E-state index in [1.54, 1.807) is 0 Å². The summed E-state index contributed by atoms with van der Waals surface area (Å²) in [6.07, 6.45) is 1.03.